The molecule has 1 aromatic rings. The van der Waals surface area contributed by atoms with Crippen molar-refractivity contribution in [1.82, 2.24) is 10.3 Å². The molecule has 2 amide bonds. The highest BCUT2D eigenvalue weighted by atomic mass is 16.4. The summed E-state index contributed by atoms with van der Waals surface area (Å²) in [5.41, 5.74) is 7.00. The highest BCUT2D eigenvalue weighted by molar-refractivity contribution is 5.93. The summed E-state index contributed by atoms with van der Waals surface area (Å²) in [6.07, 6.45) is 3.37. The summed E-state index contributed by atoms with van der Waals surface area (Å²) >= 11 is 0. The molecule has 0 bridgehead atoms. The number of nitrogens with zero attached hydrogens (tertiary/aromatic N) is 2. The Balaban J connectivity index is 2.03. The first-order valence-electron chi connectivity index (χ1n) is 6.07. The molecule has 7 nitrogen and oxygen atoms in total. The van der Waals surface area contributed by atoms with Crippen LogP contribution in [-0.4, -0.2) is 41.2 Å². The average Bonchev–Trinajstić information content (AvgIpc) is 2.43. The Morgan fingerprint density at radius 3 is 3.11 bits per heavy atom. The summed E-state index contributed by atoms with van der Waals surface area (Å²) in [6, 6.07) is 2.17. The van der Waals surface area contributed by atoms with Crippen LogP contribution in [0.5, 0.6) is 0 Å². The van der Waals surface area contributed by atoms with Gasteiger partial charge in [0.15, 0.2) is 0 Å². The fourth-order valence-electron chi connectivity index (χ4n) is 1.98. The number of hydrogen-bond acceptors (Lipinski definition) is 4. The van der Waals surface area contributed by atoms with Crippen molar-refractivity contribution in [2.75, 3.05) is 18.0 Å². The number of aromatic nitrogens is 1. The van der Waals surface area contributed by atoms with Crippen molar-refractivity contribution >= 4 is 17.7 Å². The van der Waals surface area contributed by atoms with Crippen LogP contribution in [0.3, 0.4) is 0 Å². The molecule has 0 aromatic carbocycles. The van der Waals surface area contributed by atoms with E-state index < -0.39 is 12.0 Å². The molecule has 1 aliphatic heterocycles. The maximum Gasteiger partial charge on any atom is 0.322 e. The monoisotopic (exact) mass is 264 g/mol. The number of anilines is 1. The maximum absolute atomic E-state index is 12.0. The topological polar surface area (TPSA) is 109 Å². The lowest BCUT2D eigenvalue weighted by Crippen LogP contribution is -2.48. The fraction of sp³-hybridized carbons (Fsp3) is 0.417. The zero-order chi connectivity index (χ0) is 13.8. The summed E-state index contributed by atoms with van der Waals surface area (Å²) in [6.45, 7) is 0.493. The largest absolute Gasteiger partial charge is 0.480 e. The van der Waals surface area contributed by atoms with Gasteiger partial charge in [-0.2, -0.15) is 0 Å². The molecule has 0 spiro atoms. The number of aryl methyl sites for hydroxylation is 1. The van der Waals surface area contributed by atoms with Crippen LogP contribution in [0.1, 0.15) is 12.1 Å². The molecule has 4 N–H and O–H groups in total. The van der Waals surface area contributed by atoms with Crippen LogP contribution in [0.4, 0.5) is 10.5 Å². The molecule has 19 heavy (non-hydrogen) atoms. The number of nitrogens with one attached hydrogen (secondary N) is 1. The number of carboxylic acids is 1. The molecule has 7 heteroatoms. The number of carboxylic acid groups (broad SMARTS) is 1. The Morgan fingerprint density at radius 1 is 1.58 bits per heavy atom. The molecular weight excluding hydrogens is 248 g/mol. The van der Waals surface area contributed by atoms with E-state index in [0.717, 1.165) is 24.2 Å². The van der Waals surface area contributed by atoms with Crippen molar-refractivity contribution in [3.8, 4) is 0 Å². The van der Waals surface area contributed by atoms with E-state index in [1.54, 1.807) is 17.2 Å². The molecule has 0 fully saturated rings. The van der Waals surface area contributed by atoms with E-state index in [0.29, 0.717) is 6.54 Å². The number of aliphatic carboxylic acids is 1. The molecule has 0 radical (unpaired) electrons. The van der Waals surface area contributed by atoms with E-state index in [1.807, 2.05) is 6.07 Å². The van der Waals surface area contributed by atoms with Gasteiger partial charge >= 0.3 is 12.0 Å². The van der Waals surface area contributed by atoms with Crippen LogP contribution >= 0.6 is 0 Å². The standard InChI is InChI=1S/C12H16N4O3/c13-8(11(17)18)7-15-12(19)16-6-2-3-9-10(16)4-1-5-14-9/h1,4-5,8H,2-3,6-7,13H2,(H,15,19)(H,17,18)/t8-/m0/s1. The van der Waals surface area contributed by atoms with Gasteiger partial charge in [-0.25, -0.2) is 4.79 Å². The third kappa shape index (κ3) is 3.00. The number of amides is 2. The van der Waals surface area contributed by atoms with Gasteiger partial charge < -0.3 is 16.2 Å². The molecule has 2 heterocycles. The summed E-state index contributed by atoms with van der Waals surface area (Å²) < 4.78 is 0. The predicted molar refractivity (Wildman–Crippen MR) is 68.9 cm³/mol. The van der Waals surface area contributed by atoms with Crippen LogP contribution < -0.4 is 16.0 Å². The van der Waals surface area contributed by atoms with Crippen LogP contribution in [0, 0.1) is 0 Å². The number of fused-ring (bicyclic) bond motifs is 1. The van der Waals surface area contributed by atoms with Crippen molar-refractivity contribution in [3.63, 3.8) is 0 Å². The summed E-state index contributed by atoms with van der Waals surface area (Å²) in [7, 11) is 0. The Bertz CT molecular complexity index is 492. The Hall–Kier alpha value is -2.15. The van der Waals surface area contributed by atoms with E-state index in [4.69, 9.17) is 10.8 Å². The van der Waals surface area contributed by atoms with Crippen molar-refractivity contribution in [2.45, 2.75) is 18.9 Å². The number of rotatable bonds is 3. The molecule has 0 saturated heterocycles. The average molecular weight is 264 g/mol. The second-order valence-electron chi connectivity index (χ2n) is 4.36. The predicted octanol–water partition coefficient (Wildman–Crippen LogP) is -0.0443. The lowest BCUT2D eigenvalue weighted by Gasteiger charge is -2.28. The van der Waals surface area contributed by atoms with Crippen molar-refractivity contribution in [1.29, 1.82) is 0 Å². The van der Waals surface area contributed by atoms with Gasteiger partial charge in [0.05, 0.1) is 11.4 Å². The van der Waals surface area contributed by atoms with Gasteiger partial charge in [0.2, 0.25) is 0 Å². The van der Waals surface area contributed by atoms with Gasteiger partial charge in [-0.15, -0.1) is 0 Å². The number of hydrogen-bond donors (Lipinski definition) is 3. The number of carbonyl (C=O) groups excluding carboxylic acids is 1. The van der Waals surface area contributed by atoms with Crippen LogP contribution in [0.25, 0.3) is 0 Å². The van der Waals surface area contributed by atoms with E-state index >= 15 is 0 Å². The van der Waals surface area contributed by atoms with E-state index in [-0.39, 0.29) is 12.6 Å². The normalized spacial score (nSPS) is 15.5. The van der Waals surface area contributed by atoms with Crippen LogP contribution in [0.15, 0.2) is 18.3 Å². The van der Waals surface area contributed by atoms with Crippen LogP contribution in [0.2, 0.25) is 0 Å². The van der Waals surface area contributed by atoms with Crippen molar-refractivity contribution in [2.24, 2.45) is 5.73 Å². The lowest BCUT2D eigenvalue weighted by atomic mass is 10.1. The highest BCUT2D eigenvalue weighted by Crippen LogP contribution is 2.24. The van der Waals surface area contributed by atoms with Crippen molar-refractivity contribution in [3.05, 3.63) is 24.0 Å². The van der Waals surface area contributed by atoms with Gasteiger partial charge in [0.25, 0.3) is 0 Å². The van der Waals surface area contributed by atoms with Gasteiger partial charge in [0.1, 0.15) is 6.04 Å². The smallest absolute Gasteiger partial charge is 0.322 e. The van der Waals surface area contributed by atoms with Gasteiger partial charge in [-0.05, 0) is 25.0 Å². The minimum atomic E-state index is -1.14. The first kappa shape index (κ1) is 13.3. The Morgan fingerprint density at radius 2 is 2.37 bits per heavy atom. The Labute approximate surface area is 110 Å². The maximum atomic E-state index is 12.0. The Kier molecular flexibility index (Phi) is 3.96. The molecule has 102 valence electrons. The zero-order valence-corrected chi connectivity index (χ0v) is 10.4. The molecule has 0 aliphatic carbocycles. The SMILES string of the molecule is N[C@@H](CNC(=O)N1CCCc2ncccc21)C(=O)O. The number of nitrogens with two attached hydrogens (primary N) is 1. The van der Waals surface area contributed by atoms with E-state index in [1.165, 1.54) is 0 Å². The van der Waals surface area contributed by atoms with Gasteiger partial charge in [0, 0.05) is 19.3 Å². The number of carbonyl (C=O) groups is 2. The second-order valence-corrected chi connectivity index (χ2v) is 4.36. The molecular formula is C12H16N4O3. The van der Waals surface area contributed by atoms with Crippen molar-refractivity contribution < 1.29 is 14.7 Å². The fourth-order valence-corrected chi connectivity index (χ4v) is 1.98. The number of pyridine rings is 1. The molecule has 0 unspecified atom stereocenters. The first-order valence-corrected chi connectivity index (χ1v) is 6.07. The lowest BCUT2D eigenvalue weighted by molar-refractivity contribution is -0.138. The highest BCUT2D eigenvalue weighted by Gasteiger charge is 2.23. The van der Waals surface area contributed by atoms with E-state index in [2.05, 4.69) is 10.3 Å². The minimum absolute atomic E-state index is 0.0970. The molecule has 2 rings (SSSR count). The number of urea groups is 1. The third-order valence-electron chi connectivity index (χ3n) is 2.99. The summed E-state index contributed by atoms with van der Waals surface area (Å²) in [4.78, 5) is 28.4. The molecule has 1 atom stereocenters. The van der Waals surface area contributed by atoms with E-state index in [9.17, 15) is 9.59 Å². The van der Waals surface area contributed by atoms with Gasteiger partial charge in [-0.1, -0.05) is 0 Å². The second kappa shape index (κ2) is 5.66. The first-order chi connectivity index (χ1) is 9.09. The minimum Gasteiger partial charge on any atom is -0.480 e. The third-order valence-corrected chi connectivity index (χ3v) is 2.99. The molecule has 1 aromatic heterocycles. The zero-order valence-electron chi connectivity index (χ0n) is 10.4. The summed E-state index contributed by atoms with van der Waals surface area (Å²) in [5.74, 6) is -1.14. The van der Waals surface area contributed by atoms with Gasteiger partial charge in [-0.3, -0.25) is 14.7 Å². The molecule has 1 aliphatic rings. The quantitative estimate of drug-likeness (QED) is 0.709. The molecule has 0 saturated carbocycles. The summed E-state index contributed by atoms with van der Waals surface area (Å²) in [5, 5.41) is 11.2. The van der Waals surface area contributed by atoms with Crippen LogP contribution in [-0.2, 0) is 11.2 Å².